The van der Waals surface area contributed by atoms with Gasteiger partial charge in [-0.1, -0.05) is 40.8 Å². The Bertz CT molecular complexity index is 898. The number of halogens is 1. The summed E-state index contributed by atoms with van der Waals surface area (Å²) >= 11 is 8.40. The summed E-state index contributed by atoms with van der Waals surface area (Å²) in [6, 6.07) is 7.07. The molecule has 0 spiro atoms. The summed E-state index contributed by atoms with van der Waals surface area (Å²) in [5.41, 5.74) is 1.55. The van der Waals surface area contributed by atoms with E-state index >= 15 is 0 Å². The molecule has 0 aliphatic carbocycles. The van der Waals surface area contributed by atoms with Crippen LogP contribution in [-0.2, 0) is 17.9 Å². The number of rotatable bonds is 9. The van der Waals surface area contributed by atoms with Crippen LogP contribution in [0.1, 0.15) is 5.82 Å². The third kappa shape index (κ3) is 5.52. The molecule has 2 aromatic heterocycles. The summed E-state index contributed by atoms with van der Waals surface area (Å²) in [5, 5.41) is 20.2. The van der Waals surface area contributed by atoms with E-state index in [1.165, 1.54) is 23.1 Å². The molecule has 0 bridgehead atoms. The van der Waals surface area contributed by atoms with Crippen LogP contribution in [0.25, 0.3) is 0 Å². The van der Waals surface area contributed by atoms with Crippen molar-refractivity contribution in [2.45, 2.75) is 18.3 Å². The second kappa shape index (κ2) is 9.49. The smallest absolute Gasteiger partial charge is 0.236 e. The first-order valence-corrected chi connectivity index (χ1v) is 10.00. The molecule has 0 aliphatic rings. The van der Waals surface area contributed by atoms with E-state index in [2.05, 4.69) is 32.3 Å². The number of hydrogen-bond donors (Lipinski definition) is 1. The zero-order valence-corrected chi connectivity index (χ0v) is 16.4. The fourth-order valence-corrected chi connectivity index (χ4v) is 3.39. The molecule has 0 aliphatic heterocycles. The van der Waals surface area contributed by atoms with E-state index in [-0.39, 0.29) is 18.3 Å². The molecule has 11 heteroatoms. The van der Waals surface area contributed by atoms with E-state index in [4.69, 9.17) is 16.3 Å². The summed E-state index contributed by atoms with van der Waals surface area (Å²) in [6.07, 6.45) is 1.74. The fraction of sp³-hybridized carbons (Fsp3) is 0.188. The first-order valence-electron chi connectivity index (χ1n) is 7.76. The second-order valence-corrected chi connectivity index (χ2v) is 7.33. The van der Waals surface area contributed by atoms with Gasteiger partial charge in [0.15, 0.2) is 11.0 Å². The molecule has 1 N–H and O–H groups in total. The van der Waals surface area contributed by atoms with Gasteiger partial charge < -0.3 is 4.74 Å². The Kier molecular flexibility index (Phi) is 6.80. The molecule has 3 rings (SSSR count). The Morgan fingerprint density at radius 1 is 1.33 bits per heavy atom. The maximum atomic E-state index is 12.0. The molecule has 1 amide bonds. The van der Waals surface area contributed by atoms with Gasteiger partial charge in [0.05, 0.1) is 5.75 Å². The third-order valence-corrected chi connectivity index (χ3v) is 5.05. The number of nitrogens with zero attached hydrogens (tertiary/aromatic N) is 5. The van der Waals surface area contributed by atoms with Crippen molar-refractivity contribution in [3.05, 3.63) is 53.3 Å². The van der Waals surface area contributed by atoms with Gasteiger partial charge in [-0.3, -0.25) is 14.7 Å². The first-order chi connectivity index (χ1) is 13.2. The van der Waals surface area contributed by atoms with E-state index in [1.807, 2.05) is 4.57 Å². The summed E-state index contributed by atoms with van der Waals surface area (Å²) in [4.78, 5) is 12.0. The molecule has 8 nitrogen and oxygen atoms in total. The van der Waals surface area contributed by atoms with Crippen LogP contribution in [0.4, 0.5) is 5.13 Å². The molecular formula is C16H15ClN6O2S2. The highest BCUT2D eigenvalue weighted by Gasteiger charge is 2.14. The Morgan fingerprint density at radius 3 is 2.85 bits per heavy atom. The third-order valence-electron chi connectivity index (χ3n) is 3.23. The van der Waals surface area contributed by atoms with Gasteiger partial charge in [-0.2, -0.15) is 0 Å². The maximum Gasteiger partial charge on any atom is 0.236 e. The van der Waals surface area contributed by atoms with Crippen molar-refractivity contribution in [3.63, 3.8) is 0 Å². The van der Waals surface area contributed by atoms with Crippen molar-refractivity contribution in [2.75, 3.05) is 11.1 Å². The van der Waals surface area contributed by atoms with E-state index in [0.29, 0.717) is 33.4 Å². The molecular weight excluding hydrogens is 408 g/mol. The van der Waals surface area contributed by atoms with Crippen molar-refractivity contribution < 1.29 is 9.53 Å². The predicted octanol–water partition coefficient (Wildman–Crippen LogP) is 3.28. The van der Waals surface area contributed by atoms with Gasteiger partial charge in [0.1, 0.15) is 17.9 Å². The van der Waals surface area contributed by atoms with Crippen molar-refractivity contribution in [2.24, 2.45) is 0 Å². The Balaban J connectivity index is 1.60. The van der Waals surface area contributed by atoms with Gasteiger partial charge in [0.2, 0.25) is 11.0 Å². The summed E-state index contributed by atoms with van der Waals surface area (Å²) in [6.45, 7) is 4.50. The number of nitrogens with one attached hydrogen (secondary N) is 1. The summed E-state index contributed by atoms with van der Waals surface area (Å²) in [5.74, 6) is 1.30. The zero-order chi connectivity index (χ0) is 19.1. The van der Waals surface area contributed by atoms with Crippen LogP contribution in [0.2, 0.25) is 5.02 Å². The van der Waals surface area contributed by atoms with Crippen LogP contribution >= 0.6 is 34.7 Å². The van der Waals surface area contributed by atoms with Crippen LogP contribution < -0.4 is 10.1 Å². The molecule has 0 radical (unpaired) electrons. The number of benzene rings is 1. The Morgan fingerprint density at radius 2 is 2.15 bits per heavy atom. The number of aromatic nitrogens is 5. The lowest BCUT2D eigenvalue weighted by Gasteiger charge is -2.09. The van der Waals surface area contributed by atoms with Gasteiger partial charge >= 0.3 is 0 Å². The minimum Gasteiger partial charge on any atom is -0.486 e. The molecule has 0 fully saturated rings. The number of anilines is 1. The topological polar surface area (TPSA) is 94.8 Å². The SMILES string of the molecule is C=CCn1c(COc2ccc(Cl)cc2)nnc1SCC(=O)Nc1nncs1. The van der Waals surface area contributed by atoms with E-state index in [0.717, 1.165) is 0 Å². The monoisotopic (exact) mass is 422 g/mol. The van der Waals surface area contributed by atoms with E-state index in [1.54, 1.807) is 35.9 Å². The fourth-order valence-electron chi connectivity index (χ4n) is 2.04. The van der Waals surface area contributed by atoms with Gasteiger partial charge in [0.25, 0.3) is 0 Å². The summed E-state index contributed by atoms with van der Waals surface area (Å²) < 4.78 is 7.58. The number of allylic oxidation sites excluding steroid dienone is 1. The molecule has 3 aromatic rings. The highest BCUT2D eigenvalue weighted by Crippen LogP contribution is 2.20. The maximum absolute atomic E-state index is 12.0. The second-order valence-electron chi connectivity index (χ2n) is 5.12. The highest BCUT2D eigenvalue weighted by molar-refractivity contribution is 7.99. The number of thioether (sulfide) groups is 1. The van der Waals surface area contributed by atoms with E-state index in [9.17, 15) is 4.79 Å². The van der Waals surface area contributed by atoms with Crippen LogP contribution in [0.15, 0.2) is 47.6 Å². The average Bonchev–Trinajstić information content (AvgIpc) is 3.30. The quantitative estimate of drug-likeness (QED) is 0.417. The lowest BCUT2D eigenvalue weighted by Crippen LogP contribution is -2.15. The first kappa shape index (κ1) is 19.3. The predicted molar refractivity (Wildman–Crippen MR) is 105 cm³/mol. The minimum atomic E-state index is -0.191. The number of hydrogen-bond acceptors (Lipinski definition) is 8. The van der Waals surface area contributed by atoms with Crippen LogP contribution in [-0.4, -0.2) is 36.6 Å². The average molecular weight is 423 g/mol. The Labute approximate surface area is 168 Å². The number of carbonyl (C=O) groups is 1. The molecule has 0 saturated heterocycles. The van der Waals surface area contributed by atoms with Crippen molar-refractivity contribution in [1.29, 1.82) is 0 Å². The standard InChI is InChI=1S/C16H15ClN6O2S2/c1-2-7-23-13(8-25-12-5-3-11(17)4-6-12)20-22-16(23)26-9-14(24)19-15-21-18-10-27-15/h2-6,10H,1,7-9H2,(H,19,21,24). The van der Waals surface area contributed by atoms with Crippen LogP contribution in [0, 0.1) is 0 Å². The number of ether oxygens (including phenoxy) is 1. The minimum absolute atomic E-state index is 0.174. The lowest BCUT2D eigenvalue weighted by molar-refractivity contribution is -0.113. The van der Waals surface area contributed by atoms with Gasteiger partial charge in [-0.25, -0.2) is 0 Å². The van der Waals surface area contributed by atoms with Crippen molar-refractivity contribution >= 4 is 45.7 Å². The molecule has 27 heavy (non-hydrogen) atoms. The van der Waals surface area contributed by atoms with Crippen LogP contribution in [0.3, 0.4) is 0 Å². The molecule has 0 saturated carbocycles. The van der Waals surface area contributed by atoms with Crippen molar-refractivity contribution in [3.8, 4) is 5.75 Å². The molecule has 140 valence electrons. The normalized spacial score (nSPS) is 10.6. The molecule has 0 atom stereocenters. The lowest BCUT2D eigenvalue weighted by atomic mass is 10.3. The van der Waals surface area contributed by atoms with Gasteiger partial charge in [-0.05, 0) is 24.3 Å². The van der Waals surface area contributed by atoms with Crippen molar-refractivity contribution in [1.82, 2.24) is 25.0 Å². The largest absolute Gasteiger partial charge is 0.486 e. The summed E-state index contributed by atoms with van der Waals surface area (Å²) in [7, 11) is 0. The number of carbonyl (C=O) groups excluding carboxylic acids is 1. The highest BCUT2D eigenvalue weighted by atomic mass is 35.5. The molecule has 2 heterocycles. The van der Waals surface area contributed by atoms with Crippen LogP contribution in [0.5, 0.6) is 5.75 Å². The van der Waals surface area contributed by atoms with Gasteiger partial charge in [-0.15, -0.1) is 27.0 Å². The van der Waals surface area contributed by atoms with E-state index < -0.39 is 0 Å². The number of amides is 1. The zero-order valence-electron chi connectivity index (χ0n) is 14.0. The molecule has 0 unspecified atom stereocenters. The molecule has 1 aromatic carbocycles. The van der Waals surface area contributed by atoms with Gasteiger partial charge in [0, 0.05) is 11.6 Å². The Hall–Kier alpha value is -2.43.